The van der Waals surface area contributed by atoms with Crippen molar-refractivity contribution in [2.24, 2.45) is 5.73 Å². The molecule has 14 aromatic rings. The largest absolute Gasteiger partial charge is 0.399 e. The molecule has 0 aliphatic rings. The number of hydrogen-bond acceptors (Lipinski definition) is 23. The summed E-state index contributed by atoms with van der Waals surface area (Å²) in [6.07, 6.45) is 0. The van der Waals surface area contributed by atoms with Gasteiger partial charge in [0.1, 0.15) is 11.5 Å². The number of nitrogen functional groups attached to an aromatic ring is 3. The van der Waals surface area contributed by atoms with Crippen molar-refractivity contribution >= 4 is 95.5 Å². The van der Waals surface area contributed by atoms with E-state index in [1.807, 2.05) is 188 Å². The zero-order valence-electron chi connectivity index (χ0n) is 82.0. The molecule has 12 N–H and O–H groups in total. The van der Waals surface area contributed by atoms with Gasteiger partial charge in [0.25, 0.3) is 67.7 Å². The molecule has 0 aromatic heterocycles. The second kappa shape index (κ2) is 72.2. The number of aryl methyl sites for hydroxylation is 13. The lowest BCUT2D eigenvalue weighted by molar-refractivity contribution is -0.445. The summed E-state index contributed by atoms with van der Waals surface area (Å²) in [6, 6.07) is 109. The summed E-state index contributed by atoms with van der Waals surface area (Å²) in [6.45, 7) is 28.1. The predicted octanol–water partition coefficient (Wildman–Crippen LogP) is 22.9. The maximum absolute atomic E-state index is 11.2. The summed E-state index contributed by atoms with van der Waals surface area (Å²) in [4.78, 5) is 37.9. The molecule has 0 bridgehead atoms. The molecule has 0 amide bonds. The molecular weight excluding hydrogens is 1890 g/mol. The number of rotatable bonds is 11. The summed E-state index contributed by atoms with van der Waals surface area (Å²) < 4.78 is 139. The first kappa shape index (κ1) is 130. The van der Waals surface area contributed by atoms with Gasteiger partial charge < -0.3 is 22.9 Å². The van der Waals surface area contributed by atoms with E-state index in [1.165, 1.54) is 95.4 Å². The lowest BCUT2D eigenvalue weighted by atomic mass is 10.1. The second-order valence-corrected chi connectivity index (χ2v) is 37.8. The molecular formula is C104H132N8O23S5. The number of hydrogen-bond donors (Lipinski definition) is 8. The minimum absolute atomic E-state index is 0.144. The van der Waals surface area contributed by atoms with E-state index >= 15 is 0 Å². The third-order valence-corrected chi connectivity index (χ3v) is 21.3. The van der Waals surface area contributed by atoms with Crippen molar-refractivity contribution in [3.8, 4) is 0 Å². The molecule has 0 spiro atoms. The van der Waals surface area contributed by atoms with E-state index in [4.69, 9.17) is 45.5 Å². The molecule has 0 aliphatic carbocycles. The number of nitrogens with zero attached hydrogens (tertiary/aromatic N) is 4. The van der Waals surface area contributed by atoms with Crippen LogP contribution in [-0.2, 0) is 66.3 Å². The molecule has 36 heteroatoms. The number of nitro groups is 4. The number of fused-ring (bicyclic) bond motifs is 1. The Kier molecular flexibility index (Phi) is 67.0. The van der Waals surface area contributed by atoms with Gasteiger partial charge in [0.15, 0.2) is 7.05 Å². The van der Waals surface area contributed by atoms with Crippen molar-refractivity contribution in [2.45, 2.75) is 120 Å². The van der Waals surface area contributed by atoms with Crippen molar-refractivity contribution < 1.29 is 84.2 Å². The van der Waals surface area contributed by atoms with Crippen molar-refractivity contribution in [2.75, 3.05) is 49.9 Å². The Morgan fingerprint density at radius 1 is 0.286 bits per heavy atom. The molecule has 0 saturated heterocycles. The zero-order chi connectivity index (χ0) is 107. The Morgan fingerprint density at radius 3 is 0.907 bits per heavy atom. The van der Waals surface area contributed by atoms with Gasteiger partial charge in [0.2, 0.25) is 0 Å². The van der Waals surface area contributed by atoms with Gasteiger partial charge in [-0.15, -0.1) is 0 Å². The number of non-ortho nitro benzene ring substituents is 2. The molecule has 0 saturated carbocycles. The smallest absolute Gasteiger partial charge is 0.296 e. The van der Waals surface area contributed by atoms with E-state index in [0.717, 1.165) is 59.0 Å². The van der Waals surface area contributed by atoms with Crippen molar-refractivity contribution in [3.63, 3.8) is 0 Å². The van der Waals surface area contributed by atoms with Crippen LogP contribution in [0.3, 0.4) is 0 Å². The van der Waals surface area contributed by atoms with Crippen LogP contribution in [0.15, 0.2) is 357 Å². The molecule has 140 heavy (non-hydrogen) atoms. The maximum atomic E-state index is 11.2. The average Bonchev–Trinajstić information content (AvgIpc) is 0.829. The standard InChI is InChI=1S/C11H10.3C8H10O3S.3C7H7NO2.3C7H9N.3C7H8.2C2H6O3S.CH3NO2.CH5N/c1-9-6-7-10-4-2-3-5-11(10)8-9;1-7-5-3-4-6-8(7)12(9,10)11-2;1-7-2-4-8(5-3-7)6-12(9,10)11;1-7-3-2-4-8(5-7)6-12(9,10)11;1-6-2-4-7(5-3-6)8(9)10;1-6-3-2-4-7(5-6)8(9)10;1-6-4-2-3-5-7(6)8(9)10;1-6-2-4-7(8)5-3-6;1-6-3-2-4-7(8)5-6;1-6-4-2-3-5-7(6)8;3*1-7-5-3-2-4-6-7;2*1-2-6(3,4)5;1-2(3)4;1-2/h2-8H,1H3;3-6H,1-2H3;2*2-5H,6H2,1H3,(H,9,10,11);3*2-5H,1H3;3*2-5H,8H2,1H3;3*2-6H,1H3;2*2H2,1H3,(H,3,4,5);1H3;2H2,1H3. The van der Waals surface area contributed by atoms with Gasteiger partial charge in [-0.3, -0.25) is 62.9 Å². The number of anilines is 3. The third kappa shape index (κ3) is 73.2. The summed E-state index contributed by atoms with van der Waals surface area (Å²) in [7, 11) is -15.1. The first-order valence-corrected chi connectivity index (χ1v) is 50.3. The van der Waals surface area contributed by atoms with Crippen molar-refractivity contribution in [1.82, 2.24) is 0 Å². The van der Waals surface area contributed by atoms with Crippen LogP contribution in [0.5, 0.6) is 0 Å². The molecule has 0 heterocycles. The normalized spacial score (nSPS) is 9.85. The number of benzene rings is 14. The topological polar surface area (TPSA) is 537 Å². The van der Waals surface area contributed by atoms with Crippen LogP contribution in [-0.4, -0.2) is 113 Å². The highest BCUT2D eigenvalue weighted by Gasteiger charge is 2.15. The predicted molar refractivity (Wildman–Crippen MR) is 568 cm³/mol. The highest BCUT2D eigenvalue weighted by molar-refractivity contribution is 7.87. The van der Waals surface area contributed by atoms with Gasteiger partial charge in [-0.25, -0.2) is 0 Å². The fourth-order valence-corrected chi connectivity index (χ4v) is 11.8. The molecule has 31 nitrogen and oxygen atoms in total. The first-order valence-electron chi connectivity index (χ1n) is 42.4. The maximum Gasteiger partial charge on any atom is 0.296 e. The van der Waals surface area contributed by atoms with Crippen molar-refractivity contribution in [3.05, 3.63) is 476 Å². The highest BCUT2D eigenvalue weighted by Crippen LogP contribution is 2.20. The minimum atomic E-state index is -3.89. The van der Waals surface area contributed by atoms with E-state index in [9.17, 15) is 72.4 Å². The monoisotopic (exact) mass is 2020 g/mol. The van der Waals surface area contributed by atoms with Gasteiger partial charge in [-0.1, -0.05) is 330 Å². The number of para-hydroxylation sites is 2. The molecule has 0 radical (unpaired) electrons. The Morgan fingerprint density at radius 2 is 0.600 bits per heavy atom. The fraction of sp³-hybridized carbons (Fsp3) is 0.212. The molecule has 14 aromatic carbocycles. The summed E-state index contributed by atoms with van der Waals surface area (Å²) >= 11 is 0. The number of nitrogens with two attached hydrogens (primary N) is 4. The van der Waals surface area contributed by atoms with Crippen LogP contribution in [0.25, 0.3) is 10.8 Å². The molecule has 0 aliphatic heterocycles. The third-order valence-electron chi connectivity index (χ3n) is 17.0. The van der Waals surface area contributed by atoms with Crippen LogP contribution in [0.1, 0.15) is 97.3 Å². The zero-order valence-corrected chi connectivity index (χ0v) is 86.1. The molecule has 0 atom stereocenters. The van der Waals surface area contributed by atoms with E-state index in [-0.39, 0.29) is 49.9 Å². The summed E-state index contributed by atoms with van der Waals surface area (Å²) in [5.41, 5.74) is 39.4. The Hall–Kier alpha value is -14.2. The SMILES string of the molecule is CCS(=O)(=O)O.CCS(=O)(=O)O.CN.COS(=O)(=O)c1ccccc1C.C[N+](=O)[O-].Cc1ccc(CS(=O)(=O)O)cc1.Cc1ccc(N)cc1.Cc1ccc([N+](=O)[O-])cc1.Cc1ccc2ccccc2c1.Cc1cccc(CS(=O)(=O)O)c1.Cc1cccc(N)c1.Cc1cccc([N+](=O)[O-])c1.Cc1ccccc1.Cc1ccccc1.Cc1ccccc1.Cc1ccccc1N.Cc1ccccc1[N+](=O)[O-]. The van der Waals surface area contributed by atoms with Crippen LogP contribution in [0.2, 0.25) is 0 Å². The molecule has 14 rings (SSSR count). The number of nitro benzene ring substituents is 3. The molecule has 0 fully saturated rings. The van der Waals surface area contributed by atoms with Gasteiger partial charge in [0, 0.05) is 57.9 Å². The summed E-state index contributed by atoms with van der Waals surface area (Å²) in [5.74, 6) is -1.03. The Balaban J connectivity index is -0.00000144. The minimum Gasteiger partial charge on any atom is -0.399 e. The lowest BCUT2D eigenvalue weighted by Gasteiger charge is -2.03. The lowest BCUT2D eigenvalue weighted by Crippen LogP contribution is -2.04. The summed E-state index contributed by atoms with van der Waals surface area (Å²) in [5, 5.41) is 42.0. The van der Waals surface area contributed by atoms with E-state index in [2.05, 4.69) is 116 Å². The first-order chi connectivity index (χ1) is 65.4. The highest BCUT2D eigenvalue weighted by atomic mass is 32.2. The Bertz CT molecular complexity index is 6320. The second-order valence-electron chi connectivity index (χ2n) is 29.7. The average molecular weight is 2020 g/mol. The van der Waals surface area contributed by atoms with Crippen molar-refractivity contribution in [1.29, 1.82) is 0 Å². The van der Waals surface area contributed by atoms with Gasteiger partial charge in [0.05, 0.1) is 38.3 Å². The fourth-order valence-electron chi connectivity index (χ4n) is 9.75. The Labute approximate surface area is 825 Å². The molecule has 0 unspecified atom stereocenters. The van der Waals surface area contributed by atoms with Crippen LogP contribution < -0.4 is 22.9 Å². The van der Waals surface area contributed by atoms with Gasteiger partial charge in [-0.05, 0) is 191 Å². The van der Waals surface area contributed by atoms with Gasteiger partial charge >= 0.3 is 0 Å². The van der Waals surface area contributed by atoms with E-state index in [0.29, 0.717) is 22.3 Å². The van der Waals surface area contributed by atoms with Crippen LogP contribution in [0.4, 0.5) is 34.1 Å². The van der Waals surface area contributed by atoms with Crippen LogP contribution in [0, 0.1) is 130 Å². The van der Waals surface area contributed by atoms with Crippen LogP contribution >= 0.6 is 0 Å². The quantitative estimate of drug-likeness (QED) is 0.0196. The van der Waals surface area contributed by atoms with E-state index < -0.39 is 65.4 Å². The molecule has 756 valence electrons. The van der Waals surface area contributed by atoms with E-state index in [1.54, 1.807) is 117 Å². The van der Waals surface area contributed by atoms with Gasteiger partial charge in [-0.2, -0.15) is 42.1 Å².